The number of carbonyl (C=O) groups excluding carboxylic acids is 3. The van der Waals surface area contributed by atoms with Crippen LogP contribution < -0.4 is 10.9 Å². The van der Waals surface area contributed by atoms with Gasteiger partial charge >= 0.3 is 5.91 Å². The van der Waals surface area contributed by atoms with E-state index in [1.54, 1.807) is 13.0 Å². The highest BCUT2D eigenvalue weighted by molar-refractivity contribution is 5.99. The van der Waals surface area contributed by atoms with Crippen LogP contribution in [-0.2, 0) is 9.59 Å². The van der Waals surface area contributed by atoms with Crippen LogP contribution in [0.3, 0.4) is 0 Å². The Hall–Kier alpha value is -2.83. The number of hydrazine groups is 1. The van der Waals surface area contributed by atoms with Crippen molar-refractivity contribution < 1.29 is 18.8 Å². The van der Waals surface area contributed by atoms with Crippen LogP contribution in [0.15, 0.2) is 28.7 Å². The summed E-state index contributed by atoms with van der Waals surface area (Å²) in [4.78, 5) is 36.9. The Kier molecular flexibility index (Phi) is 4.01. The molecule has 7 nitrogen and oxygen atoms in total. The van der Waals surface area contributed by atoms with Gasteiger partial charge in [0.1, 0.15) is 12.1 Å². The lowest BCUT2D eigenvalue weighted by atomic mass is 10.1. The van der Waals surface area contributed by atoms with Gasteiger partial charge in [0, 0.05) is 23.9 Å². The Morgan fingerprint density at radius 2 is 2.04 bits per heavy atom. The van der Waals surface area contributed by atoms with Gasteiger partial charge in [0.2, 0.25) is 5.91 Å². The van der Waals surface area contributed by atoms with Crippen LogP contribution in [0.1, 0.15) is 29.0 Å². The summed E-state index contributed by atoms with van der Waals surface area (Å²) < 4.78 is 5.52. The number of hydrogen-bond acceptors (Lipinski definition) is 4. The minimum Gasteiger partial charge on any atom is -0.451 e. The van der Waals surface area contributed by atoms with Crippen LogP contribution >= 0.6 is 0 Å². The van der Waals surface area contributed by atoms with Gasteiger partial charge < -0.3 is 9.32 Å². The molecule has 1 aromatic heterocycles. The molecule has 1 saturated heterocycles. The number of carbonyl (C=O) groups is 3. The number of hydrogen-bond donors (Lipinski definition) is 2. The third kappa shape index (κ3) is 3.03. The van der Waals surface area contributed by atoms with E-state index in [4.69, 9.17) is 4.42 Å². The number of amides is 3. The van der Waals surface area contributed by atoms with E-state index in [-0.39, 0.29) is 18.2 Å². The summed E-state index contributed by atoms with van der Waals surface area (Å²) >= 11 is 0. The van der Waals surface area contributed by atoms with Gasteiger partial charge in [-0.15, -0.1) is 0 Å². The molecule has 0 radical (unpaired) electrons. The Morgan fingerprint density at radius 3 is 2.74 bits per heavy atom. The van der Waals surface area contributed by atoms with Crippen LogP contribution in [0.5, 0.6) is 0 Å². The quantitative estimate of drug-likeness (QED) is 0.830. The van der Waals surface area contributed by atoms with Crippen molar-refractivity contribution in [2.75, 3.05) is 13.1 Å². The van der Waals surface area contributed by atoms with Gasteiger partial charge in [-0.05, 0) is 19.4 Å². The van der Waals surface area contributed by atoms with Crippen molar-refractivity contribution >= 4 is 28.7 Å². The fourth-order valence-corrected chi connectivity index (χ4v) is 2.66. The molecular formula is C16H17N3O4. The first-order chi connectivity index (χ1) is 11.1. The van der Waals surface area contributed by atoms with E-state index >= 15 is 0 Å². The maximum atomic E-state index is 12.1. The van der Waals surface area contributed by atoms with Crippen molar-refractivity contribution in [1.82, 2.24) is 15.8 Å². The molecule has 7 heteroatoms. The minimum absolute atomic E-state index is 0.0420. The molecule has 0 spiro atoms. The summed E-state index contributed by atoms with van der Waals surface area (Å²) in [6.45, 7) is 2.30. The zero-order valence-electron chi connectivity index (χ0n) is 12.7. The lowest BCUT2D eigenvalue weighted by Crippen LogP contribution is -2.46. The lowest BCUT2D eigenvalue weighted by molar-refractivity contribution is -0.133. The molecule has 1 aromatic carbocycles. The molecule has 0 atom stereocenters. The van der Waals surface area contributed by atoms with Gasteiger partial charge in [0.05, 0.1) is 0 Å². The number of aryl methyl sites for hydroxylation is 1. The molecule has 3 amide bonds. The first-order valence-electron chi connectivity index (χ1n) is 7.41. The molecule has 1 fully saturated rings. The van der Waals surface area contributed by atoms with E-state index in [0.717, 1.165) is 11.8 Å². The first kappa shape index (κ1) is 15.1. The molecule has 0 aliphatic carbocycles. The number of nitrogens with zero attached hydrogens (tertiary/aromatic N) is 1. The third-order valence-corrected chi connectivity index (χ3v) is 3.87. The second-order valence-corrected chi connectivity index (χ2v) is 5.47. The first-order valence-corrected chi connectivity index (χ1v) is 7.41. The molecule has 23 heavy (non-hydrogen) atoms. The van der Waals surface area contributed by atoms with Gasteiger partial charge in [-0.25, -0.2) is 0 Å². The molecular weight excluding hydrogens is 298 g/mol. The maximum Gasteiger partial charge on any atom is 0.305 e. The van der Waals surface area contributed by atoms with Crippen molar-refractivity contribution in [1.29, 1.82) is 0 Å². The Morgan fingerprint density at radius 1 is 1.26 bits per heavy atom. The van der Waals surface area contributed by atoms with Gasteiger partial charge in [-0.3, -0.25) is 25.2 Å². The normalized spacial score (nSPS) is 14.3. The second-order valence-electron chi connectivity index (χ2n) is 5.47. The standard InChI is InChI=1S/C16H17N3O4/c1-10-11-5-2-3-6-12(11)23-15(10)16(22)18-17-13(20)9-19-8-4-7-14(19)21/h2-3,5-6H,4,7-9H2,1H3,(H,17,20)(H,18,22). The number of furan rings is 1. The predicted molar refractivity (Wildman–Crippen MR) is 82.4 cm³/mol. The van der Waals surface area contributed by atoms with Crippen LogP contribution in [0.25, 0.3) is 11.0 Å². The van der Waals surface area contributed by atoms with Crippen LogP contribution in [0, 0.1) is 6.92 Å². The fourth-order valence-electron chi connectivity index (χ4n) is 2.66. The van der Waals surface area contributed by atoms with Crippen LogP contribution in [0.2, 0.25) is 0 Å². The van der Waals surface area contributed by atoms with E-state index in [1.807, 2.05) is 18.2 Å². The van der Waals surface area contributed by atoms with E-state index in [0.29, 0.717) is 24.1 Å². The van der Waals surface area contributed by atoms with E-state index < -0.39 is 11.8 Å². The van der Waals surface area contributed by atoms with Crippen molar-refractivity contribution in [2.24, 2.45) is 0 Å². The number of fused-ring (bicyclic) bond motifs is 1. The molecule has 1 aliphatic heterocycles. The predicted octanol–water partition coefficient (Wildman–Crippen LogP) is 1.12. The molecule has 120 valence electrons. The Balaban J connectivity index is 1.61. The van der Waals surface area contributed by atoms with Crippen LogP contribution in [-0.4, -0.2) is 35.7 Å². The Bertz CT molecular complexity index is 781. The summed E-state index contributed by atoms with van der Waals surface area (Å²) in [7, 11) is 0. The second kappa shape index (κ2) is 6.12. The van der Waals surface area contributed by atoms with Gasteiger partial charge in [-0.1, -0.05) is 18.2 Å². The lowest BCUT2D eigenvalue weighted by Gasteiger charge is -2.14. The number of rotatable bonds is 3. The zero-order valence-corrected chi connectivity index (χ0v) is 12.7. The SMILES string of the molecule is Cc1c(C(=O)NNC(=O)CN2CCCC2=O)oc2ccccc12. The van der Waals surface area contributed by atoms with Gasteiger partial charge in [-0.2, -0.15) is 0 Å². The zero-order chi connectivity index (χ0) is 16.4. The number of benzene rings is 1. The maximum absolute atomic E-state index is 12.1. The van der Waals surface area contributed by atoms with E-state index in [2.05, 4.69) is 10.9 Å². The van der Waals surface area contributed by atoms with Gasteiger partial charge in [0.25, 0.3) is 5.91 Å². The molecule has 0 saturated carbocycles. The van der Waals surface area contributed by atoms with Gasteiger partial charge in [0.15, 0.2) is 5.76 Å². The van der Waals surface area contributed by atoms with Crippen molar-refractivity contribution in [3.05, 3.63) is 35.6 Å². The molecule has 2 heterocycles. The molecule has 0 unspecified atom stereocenters. The highest BCUT2D eigenvalue weighted by Crippen LogP contribution is 2.24. The minimum atomic E-state index is -0.528. The molecule has 1 aliphatic rings. The summed E-state index contributed by atoms with van der Waals surface area (Å²) in [6, 6.07) is 7.32. The summed E-state index contributed by atoms with van der Waals surface area (Å²) in [5.41, 5.74) is 5.95. The summed E-state index contributed by atoms with van der Waals surface area (Å²) in [5, 5.41) is 0.853. The average molecular weight is 315 g/mol. The smallest absolute Gasteiger partial charge is 0.305 e. The monoisotopic (exact) mass is 315 g/mol. The third-order valence-electron chi connectivity index (χ3n) is 3.87. The topological polar surface area (TPSA) is 91.7 Å². The highest BCUT2D eigenvalue weighted by atomic mass is 16.3. The number of likely N-dealkylation sites (tertiary alicyclic amines) is 1. The average Bonchev–Trinajstić information content (AvgIpc) is 3.09. The molecule has 3 rings (SSSR count). The number of nitrogens with one attached hydrogen (secondary N) is 2. The van der Waals surface area contributed by atoms with E-state index in [9.17, 15) is 14.4 Å². The van der Waals surface area contributed by atoms with Crippen LogP contribution in [0.4, 0.5) is 0 Å². The Labute approximate surface area is 132 Å². The van der Waals surface area contributed by atoms with Crippen molar-refractivity contribution in [3.63, 3.8) is 0 Å². The molecule has 0 bridgehead atoms. The summed E-state index contributed by atoms with van der Waals surface area (Å²) in [5.74, 6) is -0.856. The highest BCUT2D eigenvalue weighted by Gasteiger charge is 2.23. The fraction of sp³-hybridized carbons (Fsp3) is 0.312. The van der Waals surface area contributed by atoms with E-state index in [1.165, 1.54) is 4.90 Å². The van der Waals surface area contributed by atoms with Crippen molar-refractivity contribution in [2.45, 2.75) is 19.8 Å². The number of para-hydroxylation sites is 1. The molecule has 2 aromatic rings. The summed E-state index contributed by atoms with van der Waals surface area (Å²) in [6.07, 6.45) is 1.23. The largest absolute Gasteiger partial charge is 0.451 e. The van der Waals surface area contributed by atoms with Crippen molar-refractivity contribution in [3.8, 4) is 0 Å². The molecule has 2 N–H and O–H groups in total.